The summed E-state index contributed by atoms with van der Waals surface area (Å²) in [6, 6.07) is 37.6. The van der Waals surface area contributed by atoms with Crippen LogP contribution >= 0.6 is 22.9 Å². The molecule has 0 radical (unpaired) electrons. The van der Waals surface area contributed by atoms with Gasteiger partial charge < -0.3 is 23.0 Å². The zero-order chi connectivity index (χ0) is 35.9. The van der Waals surface area contributed by atoms with Gasteiger partial charge in [0.2, 0.25) is 11.7 Å². The fraction of sp³-hybridized carbons (Fsp3) is 0.125. The van der Waals surface area contributed by atoms with Crippen molar-refractivity contribution in [3.8, 4) is 34.0 Å². The van der Waals surface area contributed by atoms with Gasteiger partial charge in [0.25, 0.3) is 11.8 Å². The van der Waals surface area contributed by atoms with Crippen LogP contribution in [0.4, 0.5) is 11.4 Å². The van der Waals surface area contributed by atoms with Crippen molar-refractivity contribution < 1.29 is 24.0 Å². The smallest absolute Gasteiger partial charge is 0.323 e. The largest absolute Gasteiger partial charge is 0.480 e. The molecule has 0 aliphatic heterocycles. The number of aliphatic carboxylic acids is 1. The monoisotopic (exact) mass is 791 g/mol. The zero-order valence-corrected chi connectivity index (χ0v) is 30.1. The summed E-state index contributed by atoms with van der Waals surface area (Å²) in [4.78, 5) is 43.6. The third kappa shape index (κ3) is 9.05. The first-order valence-corrected chi connectivity index (χ1v) is 17.1. The molecule has 0 atom stereocenters. The minimum Gasteiger partial charge on any atom is -0.480 e. The van der Waals surface area contributed by atoms with Gasteiger partial charge in [0.1, 0.15) is 6.54 Å². The number of hydrogen-bond donors (Lipinski definition) is 2. The number of hydrogen-bond acceptors (Lipinski definition) is 7. The molecule has 6 aromatic rings. The molecular weight excluding hydrogens is 757 g/mol. The molecule has 0 saturated heterocycles. The number of carbonyl (C=O) groups excluding carboxylic acids is 2. The maximum absolute atomic E-state index is 13.4. The lowest BCUT2D eigenvalue weighted by Gasteiger charge is -2.21. The highest BCUT2D eigenvalue weighted by Gasteiger charge is 2.20. The number of carboxylic acid groups (broad SMARTS) is 1. The van der Waals surface area contributed by atoms with Crippen LogP contribution < -0.4 is 8.43 Å². The van der Waals surface area contributed by atoms with E-state index in [4.69, 9.17) is 4.52 Å². The van der Waals surface area contributed by atoms with E-state index in [9.17, 15) is 19.5 Å². The normalized spacial score (nSPS) is 10.8. The summed E-state index contributed by atoms with van der Waals surface area (Å²) in [6.07, 6.45) is 0.202. The number of aryl methyl sites for hydroxylation is 1. The van der Waals surface area contributed by atoms with Crippen LogP contribution in [0.1, 0.15) is 27.0 Å². The Labute approximate surface area is 309 Å². The summed E-state index contributed by atoms with van der Waals surface area (Å²) in [5, 5.41) is 16.6. The quantitative estimate of drug-likeness (QED) is 0.0941. The Morgan fingerprint density at radius 1 is 0.745 bits per heavy atom. The maximum atomic E-state index is 13.4. The molecule has 0 saturated carbocycles. The summed E-state index contributed by atoms with van der Waals surface area (Å²) in [7, 11) is 1.94. The van der Waals surface area contributed by atoms with Crippen LogP contribution in [0.15, 0.2) is 126 Å². The molecule has 2 N–H and O–H groups in total. The second-order valence-electron chi connectivity index (χ2n) is 12.1. The van der Waals surface area contributed by atoms with Crippen LogP contribution in [0.5, 0.6) is 0 Å². The number of amides is 2. The van der Waals surface area contributed by atoms with E-state index in [1.807, 2.05) is 70.8 Å². The number of rotatable bonds is 12. The van der Waals surface area contributed by atoms with E-state index in [1.165, 1.54) is 10.5 Å². The Morgan fingerprint density at radius 3 is 1.92 bits per heavy atom. The third-order valence-corrected chi connectivity index (χ3v) is 8.77. The van der Waals surface area contributed by atoms with Gasteiger partial charge in [-0.1, -0.05) is 83.5 Å². The molecule has 0 aliphatic carbocycles. The summed E-state index contributed by atoms with van der Waals surface area (Å²) in [6.45, 7) is 1.64. The van der Waals surface area contributed by atoms with Crippen LogP contribution in [-0.4, -0.2) is 51.5 Å². The first-order valence-electron chi connectivity index (χ1n) is 16.1. The number of benzene rings is 5. The molecular formula is C40H34IN5O5. The SMILES string of the molecule is Cc1ccc(-c2ccc(-c3nc(-c4ccc(CN(CC(=O)O)C(=O)c5ccc(NC(=O)Cc6ccc(N(C)I)cc6)cc5)cc4)no3)cc2)cc1. The standard InChI is InChI=1S/C40H34IN5O5/c1-26-3-9-29(10-4-26)30-13-15-32(16-14-30)39-43-38(44-51-39)31-11-5-28(6-12-31)24-46(25-37(48)49)40(50)33-17-19-34(20-18-33)42-36(47)23-27-7-21-35(22-8-27)45(2)41/h3-22H,23-25H2,1-2H3,(H,42,47)(H,48,49). The Morgan fingerprint density at radius 2 is 1.31 bits per heavy atom. The van der Waals surface area contributed by atoms with Crippen molar-refractivity contribution in [1.29, 1.82) is 0 Å². The van der Waals surface area contributed by atoms with Gasteiger partial charge >= 0.3 is 5.97 Å². The van der Waals surface area contributed by atoms with Gasteiger partial charge in [0.05, 0.1) is 29.3 Å². The van der Waals surface area contributed by atoms with Gasteiger partial charge in [-0.2, -0.15) is 4.98 Å². The summed E-state index contributed by atoms with van der Waals surface area (Å²) in [5.74, 6) is -0.968. The Hall–Kier alpha value is -5.82. The fourth-order valence-electron chi connectivity index (χ4n) is 5.44. The predicted octanol–water partition coefficient (Wildman–Crippen LogP) is 8.07. The van der Waals surface area contributed by atoms with Crippen molar-refractivity contribution in [2.45, 2.75) is 19.9 Å². The number of aromatic nitrogens is 2. The average Bonchev–Trinajstić information content (AvgIpc) is 3.63. The van der Waals surface area contributed by atoms with Crippen molar-refractivity contribution >= 4 is 52.0 Å². The Kier molecular flexibility index (Phi) is 10.9. The van der Waals surface area contributed by atoms with Crippen LogP contribution in [0.25, 0.3) is 34.0 Å². The zero-order valence-electron chi connectivity index (χ0n) is 27.9. The van der Waals surface area contributed by atoms with E-state index >= 15 is 0 Å². The minimum atomic E-state index is -1.13. The van der Waals surface area contributed by atoms with Gasteiger partial charge in [0, 0.05) is 41.7 Å². The van der Waals surface area contributed by atoms with Crippen molar-refractivity contribution in [2.75, 3.05) is 22.0 Å². The predicted molar refractivity (Wildman–Crippen MR) is 205 cm³/mol. The van der Waals surface area contributed by atoms with E-state index in [2.05, 4.69) is 69.5 Å². The van der Waals surface area contributed by atoms with Gasteiger partial charge in [-0.15, -0.1) is 0 Å². The first kappa shape index (κ1) is 35.0. The summed E-state index contributed by atoms with van der Waals surface area (Å²) in [5.41, 5.74) is 8.39. The molecule has 1 aromatic heterocycles. The lowest BCUT2D eigenvalue weighted by molar-refractivity contribution is -0.137. The number of anilines is 2. The van der Waals surface area contributed by atoms with Crippen LogP contribution in [-0.2, 0) is 22.6 Å². The van der Waals surface area contributed by atoms with Gasteiger partial charge in [0.15, 0.2) is 0 Å². The van der Waals surface area contributed by atoms with E-state index in [0.29, 0.717) is 28.5 Å². The molecule has 2 amide bonds. The number of nitrogens with zero attached hydrogens (tertiary/aromatic N) is 4. The number of carbonyl (C=O) groups is 3. The lowest BCUT2D eigenvalue weighted by atomic mass is 10.0. The molecule has 10 nitrogen and oxygen atoms in total. The van der Waals surface area contributed by atoms with Gasteiger partial charge in [-0.05, 0) is 77.7 Å². The molecule has 256 valence electrons. The molecule has 0 bridgehead atoms. The Balaban J connectivity index is 1.07. The highest BCUT2D eigenvalue weighted by Crippen LogP contribution is 2.27. The Bertz CT molecular complexity index is 2130. The number of halogens is 1. The second-order valence-corrected chi connectivity index (χ2v) is 13.5. The van der Waals surface area contributed by atoms with Crippen molar-refractivity contribution in [3.63, 3.8) is 0 Å². The van der Waals surface area contributed by atoms with Crippen LogP contribution in [0.2, 0.25) is 0 Å². The van der Waals surface area contributed by atoms with E-state index < -0.39 is 18.4 Å². The topological polar surface area (TPSA) is 129 Å². The molecule has 5 aromatic carbocycles. The molecule has 0 aliphatic rings. The molecule has 11 heteroatoms. The van der Waals surface area contributed by atoms with E-state index in [-0.39, 0.29) is 18.9 Å². The highest BCUT2D eigenvalue weighted by molar-refractivity contribution is 14.1. The van der Waals surface area contributed by atoms with Gasteiger partial charge in [-0.3, -0.25) is 14.4 Å². The fourth-order valence-corrected chi connectivity index (χ4v) is 5.76. The van der Waals surface area contributed by atoms with Crippen molar-refractivity contribution in [1.82, 2.24) is 15.0 Å². The van der Waals surface area contributed by atoms with Gasteiger partial charge in [-0.25, -0.2) is 0 Å². The van der Waals surface area contributed by atoms with Crippen molar-refractivity contribution in [3.05, 3.63) is 144 Å². The number of nitrogens with one attached hydrogen (secondary N) is 1. The van der Waals surface area contributed by atoms with Crippen LogP contribution in [0.3, 0.4) is 0 Å². The van der Waals surface area contributed by atoms with E-state index in [1.54, 1.807) is 36.4 Å². The first-order chi connectivity index (χ1) is 24.6. The lowest BCUT2D eigenvalue weighted by Crippen LogP contribution is -2.35. The summed E-state index contributed by atoms with van der Waals surface area (Å²) >= 11 is 2.18. The minimum absolute atomic E-state index is 0.0703. The van der Waals surface area contributed by atoms with Crippen LogP contribution in [0, 0.1) is 6.92 Å². The number of carboxylic acids is 1. The third-order valence-electron chi connectivity index (χ3n) is 8.21. The second kappa shape index (κ2) is 15.8. The molecule has 0 unspecified atom stereocenters. The molecule has 0 spiro atoms. The maximum Gasteiger partial charge on any atom is 0.323 e. The van der Waals surface area contributed by atoms with E-state index in [0.717, 1.165) is 33.5 Å². The van der Waals surface area contributed by atoms with Crippen molar-refractivity contribution in [2.24, 2.45) is 0 Å². The summed E-state index contributed by atoms with van der Waals surface area (Å²) < 4.78 is 7.51. The molecule has 6 rings (SSSR count). The molecule has 1 heterocycles. The molecule has 51 heavy (non-hydrogen) atoms. The average molecular weight is 792 g/mol. The highest BCUT2D eigenvalue weighted by atomic mass is 127. The molecule has 0 fully saturated rings.